The summed E-state index contributed by atoms with van der Waals surface area (Å²) in [5.41, 5.74) is 3.16. The number of nitrogens with zero attached hydrogens (tertiary/aromatic N) is 2. The average molecular weight is 353 g/mol. The molecule has 0 spiro atoms. The SMILES string of the molecule is CC1(C)CC(NCc2cccnc2)CC(C)(CNCc2cccnc2)C1. The van der Waals surface area contributed by atoms with Gasteiger partial charge in [-0.25, -0.2) is 0 Å². The van der Waals surface area contributed by atoms with Gasteiger partial charge in [0.15, 0.2) is 0 Å². The molecule has 2 atom stereocenters. The van der Waals surface area contributed by atoms with E-state index in [-0.39, 0.29) is 0 Å². The average Bonchev–Trinajstić information content (AvgIpc) is 2.60. The van der Waals surface area contributed by atoms with Gasteiger partial charge in [0.2, 0.25) is 0 Å². The van der Waals surface area contributed by atoms with Gasteiger partial charge in [0.1, 0.15) is 0 Å². The molecule has 2 N–H and O–H groups in total. The predicted octanol–water partition coefficient (Wildman–Crippen LogP) is 3.94. The molecule has 2 aromatic rings. The van der Waals surface area contributed by atoms with E-state index >= 15 is 0 Å². The van der Waals surface area contributed by atoms with Crippen molar-refractivity contribution in [1.82, 2.24) is 20.6 Å². The second kappa shape index (κ2) is 8.28. The molecule has 0 radical (unpaired) electrons. The Hall–Kier alpha value is -1.78. The van der Waals surface area contributed by atoms with Crippen LogP contribution < -0.4 is 10.6 Å². The Morgan fingerprint density at radius 1 is 0.962 bits per heavy atom. The Morgan fingerprint density at radius 3 is 2.23 bits per heavy atom. The monoisotopic (exact) mass is 352 g/mol. The number of hydrogen-bond acceptors (Lipinski definition) is 4. The highest BCUT2D eigenvalue weighted by Crippen LogP contribution is 2.45. The van der Waals surface area contributed by atoms with Crippen LogP contribution in [0.5, 0.6) is 0 Å². The fourth-order valence-electron chi connectivity index (χ4n) is 4.69. The van der Waals surface area contributed by atoms with Crippen molar-refractivity contribution in [3.8, 4) is 0 Å². The summed E-state index contributed by atoms with van der Waals surface area (Å²) in [4.78, 5) is 8.42. The van der Waals surface area contributed by atoms with E-state index < -0.39 is 0 Å². The van der Waals surface area contributed by atoms with E-state index in [0.717, 1.165) is 19.6 Å². The lowest BCUT2D eigenvalue weighted by molar-refractivity contribution is 0.0694. The molecule has 1 aliphatic carbocycles. The summed E-state index contributed by atoms with van der Waals surface area (Å²) in [5.74, 6) is 0. The first-order valence-electron chi connectivity index (χ1n) is 9.66. The minimum Gasteiger partial charge on any atom is -0.312 e. The molecular formula is C22H32N4. The van der Waals surface area contributed by atoms with Gasteiger partial charge in [-0.3, -0.25) is 9.97 Å². The highest BCUT2D eigenvalue weighted by Gasteiger charge is 2.40. The van der Waals surface area contributed by atoms with Crippen molar-refractivity contribution in [3.63, 3.8) is 0 Å². The summed E-state index contributed by atoms with van der Waals surface area (Å²) < 4.78 is 0. The normalized spacial score (nSPS) is 25.1. The maximum Gasteiger partial charge on any atom is 0.0312 e. The van der Waals surface area contributed by atoms with Crippen LogP contribution in [0.4, 0.5) is 0 Å². The molecule has 0 aliphatic heterocycles. The van der Waals surface area contributed by atoms with Crippen molar-refractivity contribution in [2.45, 2.75) is 59.2 Å². The maximum absolute atomic E-state index is 4.22. The Balaban J connectivity index is 1.55. The Kier molecular flexibility index (Phi) is 6.05. The molecule has 2 heterocycles. The van der Waals surface area contributed by atoms with Crippen molar-refractivity contribution in [3.05, 3.63) is 60.2 Å². The molecule has 0 saturated heterocycles. The second-order valence-electron chi connectivity index (χ2n) is 8.96. The van der Waals surface area contributed by atoms with Gasteiger partial charge in [-0.15, -0.1) is 0 Å². The molecule has 2 unspecified atom stereocenters. The van der Waals surface area contributed by atoms with E-state index in [4.69, 9.17) is 0 Å². The largest absolute Gasteiger partial charge is 0.312 e. The van der Waals surface area contributed by atoms with Gasteiger partial charge in [-0.1, -0.05) is 32.9 Å². The lowest BCUT2D eigenvalue weighted by atomic mass is 9.62. The Morgan fingerprint density at radius 2 is 1.62 bits per heavy atom. The number of hydrogen-bond donors (Lipinski definition) is 2. The van der Waals surface area contributed by atoms with E-state index in [0.29, 0.717) is 16.9 Å². The van der Waals surface area contributed by atoms with Crippen molar-refractivity contribution in [2.24, 2.45) is 10.8 Å². The third kappa shape index (κ3) is 5.61. The van der Waals surface area contributed by atoms with E-state index in [1.807, 2.05) is 36.9 Å². The van der Waals surface area contributed by atoms with Crippen molar-refractivity contribution in [2.75, 3.05) is 6.54 Å². The predicted molar refractivity (Wildman–Crippen MR) is 107 cm³/mol. The van der Waals surface area contributed by atoms with Crippen LogP contribution in [-0.4, -0.2) is 22.6 Å². The first-order valence-corrected chi connectivity index (χ1v) is 9.66. The molecule has 0 bridgehead atoms. The van der Waals surface area contributed by atoms with Crippen molar-refractivity contribution < 1.29 is 0 Å². The molecule has 0 amide bonds. The van der Waals surface area contributed by atoms with Crippen LogP contribution in [-0.2, 0) is 13.1 Å². The summed E-state index contributed by atoms with van der Waals surface area (Å²) in [6.45, 7) is 10.1. The van der Waals surface area contributed by atoms with Crippen LogP contribution in [0.3, 0.4) is 0 Å². The molecule has 0 aromatic carbocycles. The zero-order chi connectivity index (χ0) is 18.5. The number of rotatable bonds is 7. The van der Waals surface area contributed by atoms with Gasteiger partial charge in [0, 0.05) is 50.5 Å². The van der Waals surface area contributed by atoms with Crippen molar-refractivity contribution >= 4 is 0 Å². The highest BCUT2D eigenvalue weighted by molar-refractivity contribution is 5.09. The molecule has 26 heavy (non-hydrogen) atoms. The molecule has 1 saturated carbocycles. The van der Waals surface area contributed by atoms with E-state index in [1.54, 1.807) is 0 Å². The number of nitrogens with one attached hydrogen (secondary N) is 2. The maximum atomic E-state index is 4.22. The van der Waals surface area contributed by atoms with Gasteiger partial charge in [-0.2, -0.15) is 0 Å². The van der Waals surface area contributed by atoms with Gasteiger partial charge in [-0.05, 0) is 53.4 Å². The van der Waals surface area contributed by atoms with Crippen LogP contribution in [0.1, 0.15) is 51.2 Å². The summed E-state index contributed by atoms with van der Waals surface area (Å²) in [6, 6.07) is 8.83. The lowest BCUT2D eigenvalue weighted by Crippen LogP contribution is -2.48. The minimum absolute atomic E-state index is 0.302. The Labute approximate surface area is 157 Å². The van der Waals surface area contributed by atoms with E-state index in [9.17, 15) is 0 Å². The van der Waals surface area contributed by atoms with Crippen LogP contribution in [0, 0.1) is 10.8 Å². The summed E-state index contributed by atoms with van der Waals surface area (Å²) in [7, 11) is 0. The van der Waals surface area contributed by atoms with Gasteiger partial charge < -0.3 is 10.6 Å². The summed E-state index contributed by atoms with van der Waals surface area (Å²) in [5, 5.41) is 7.45. The molecule has 1 fully saturated rings. The lowest BCUT2D eigenvalue weighted by Gasteiger charge is -2.47. The van der Waals surface area contributed by atoms with Gasteiger partial charge in [0.25, 0.3) is 0 Å². The van der Waals surface area contributed by atoms with Gasteiger partial charge in [0.05, 0.1) is 0 Å². The van der Waals surface area contributed by atoms with Gasteiger partial charge >= 0.3 is 0 Å². The van der Waals surface area contributed by atoms with Crippen LogP contribution in [0.15, 0.2) is 49.1 Å². The first kappa shape index (κ1) is 19.0. The summed E-state index contributed by atoms with van der Waals surface area (Å²) in [6.07, 6.45) is 11.2. The fraction of sp³-hybridized carbons (Fsp3) is 0.545. The smallest absolute Gasteiger partial charge is 0.0312 e. The quantitative estimate of drug-likeness (QED) is 0.792. The third-order valence-electron chi connectivity index (χ3n) is 5.36. The standard InChI is InChI=1S/C22H32N4/c1-21(2)10-20(26-15-19-7-5-9-24-13-19)11-22(3,16-21)17-25-14-18-6-4-8-23-12-18/h4-9,12-13,20,25-26H,10-11,14-17H2,1-3H3. The third-order valence-corrected chi connectivity index (χ3v) is 5.36. The molecular weight excluding hydrogens is 320 g/mol. The molecule has 4 nitrogen and oxygen atoms in total. The van der Waals surface area contributed by atoms with Crippen molar-refractivity contribution in [1.29, 1.82) is 0 Å². The van der Waals surface area contributed by atoms with Crippen LogP contribution >= 0.6 is 0 Å². The summed E-state index contributed by atoms with van der Waals surface area (Å²) >= 11 is 0. The minimum atomic E-state index is 0.302. The topological polar surface area (TPSA) is 49.8 Å². The number of aromatic nitrogens is 2. The zero-order valence-electron chi connectivity index (χ0n) is 16.3. The first-order chi connectivity index (χ1) is 12.4. The highest BCUT2D eigenvalue weighted by atomic mass is 14.9. The molecule has 4 heteroatoms. The van der Waals surface area contributed by atoms with E-state index in [2.05, 4.69) is 53.5 Å². The van der Waals surface area contributed by atoms with Crippen LogP contribution in [0.25, 0.3) is 0 Å². The van der Waals surface area contributed by atoms with E-state index in [1.165, 1.54) is 30.4 Å². The molecule has 1 aliphatic rings. The number of pyridine rings is 2. The Bertz CT molecular complexity index is 671. The fourth-order valence-corrected chi connectivity index (χ4v) is 4.69. The second-order valence-corrected chi connectivity index (χ2v) is 8.96. The molecule has 3 rings (SSSR count). The molecule has 2 aromatic heterocycles. The van der Waals surface area contributed by atoms with Crippen LogP contribution in [0.2, 0.25) is 0 Å². The zero-order valence-corrected chi connectivity index (χ0v) is 16.3. The molecule has 140 valence electrons.